The summed E-state index contributed by atoms with van der Waals surface area (Å²) < 4.78 is 0. The summed E-state index contributed by atoms with van der Waals surface area (Å²) in [6.07, 6.45) is 3.42. The number of hydrogen-bond acceptors (Lipinski definition) is 4. The van der Waals surface area contributed by atoms with Crippen LogP contribution in [0.2, 0.25) is 0 Å². The Morgan fingerprint density at radius 1 is 0.750 bits per heavy atom. The molecule has 0 fully saturated rings. The molecular weight excluding hydrogens is 252 g/mol. The molecule has 2 aromatic carbocycles. The van der Waals surface area contributed by atoms with Gasteiger partial charge in [0.2, 0.25) is 0 Å². The van der Waals surface area contributed by atoms with Crippen LogP contribution in [0.1, 0.15) is 11.1 Å². The number of hydrogen-bond donors (Lipinski definition) is 2. The molecule has 0 heterocycles. The first-order chi connectivity index (χ1) is 9.74. The Balaban J connectivity index is 1.79. The van der Waals surface area contributed by atoms with Gasteiger partial charge in [-0.3, -0.25) is 9.98 Å². The molecule has 0 amide bonds. The highest BCUT2D eigenvalue weighted by Gasteiger charge is 1.90. The molecule has 2 N–H and O–H groups in total. The van der Waals surface area contributed by atoms with Crippen molar-refractivity contribution in [3.05, 3.63) is 59.7 Å². The number of phenolic OH excluding ortho intramolecular Hbond substituents is 2. The predicted molar refractivity (Wildman–Crippen MR) is 81.1 cm³/mol. The summed E-state index contributed by atoms with van der Waals surface area (Å²) in [7, 11) is 0. The molecule has 0 saturated carbocycles. The van der Waals surface area contributed by atoms with Gasteiger partial charge in [0.05, 0.1) is 13.1 Å². The van der Waals surface area contributed by atoms with Gasteiger partial charge in [-0.05, 0) is 35.4 Å². The highest BCUT2D eigenvalue weighted by molar-refractivity contribution is 5.81. The average molecular weight is 268 g/mol. The molecule has 0 aliphatic carbocycles. The molecule has 0 radical (unpaired) electrons. The van der Waals surface area contributed by atoms with E-state index >= 15 is 0 Å². The molecule has 0 saturated heterocycles. The average Bonchev–Trinajstić information content (AvgIpc) is 2.43. The number of rotatable bonds is 5. The minimum atomic E-state index is 0.232. The zero-order valence-electron chi connectivity index (χ0n) is 11.0. The van der Waals surface area contributed by atoms with Crippen molar-refractivity contribution in [1.82, 2.24) is 0 Å². The van der Waals surface area contributed by atoms with Crippen molar-refractivity contribution in [3.8, 4) is 11.5 Å². The zero-order valence-corrected chi connectivity index (χ0v) is 11.0. The Kier molecular flexibility index (Phi) is 4.89. The first-order valence-electron chi connectivity index (χ1n) is 6.32. The largest absolute Gasteiger partial charge is 0.508 e. The summed E-state index contributed by atoms with van der Waals surface area (Å²) in [5, 5.41) is 18.6. The Morgan fingerprint density at radius 2 is 1.20 bits per heavy atom. The van der Waals surface area contributed by atoms with E-state index in [9.17, 15) is 10.2 Å². The van der Waals surface area contributed by atoms with Crippen LogP contribution in [0, 0.1) is 0 Å². The second-order valence-corrected chi connectivity index (χ2v) is 4.26. The van der Waals surface area contributed by atoms with Crippen LogP contribution in [-0.4, -0.2) is 35.7 Å². The van der Waals surface area contributed by atoms with E-state index in [1.54, 1.807) is 48.8 Å². The molecule has 0 aromatic heterocycles. The van der Waals surface area contributed by atoms with Crippen molar-refractivity contribution in [2.75, 3.05) is 13.1 Å². The third-order valence-corrected chi connectivity index (χ3v) is 2.58. The van der Waals surface area contributed by atoms with E-state index in [1.807, 2.05) is 12.1 Å². The van der Waals surface area contributed by atoms with Crippen molar-refractivity contribution in [1.29, 1.82) is 0 Å². The topological polar surface area (TPSA) is 65.2 Å². The summed E-state index contributed by atoms with van der Waals surface area (Å²) in [5.74, 6) is 0.465. The maximum atomic E-state index is 9.30. The molecule has 102 valence electrons. The Labute approximate surface area is 117 Å². The lowest BCUT2D eigenvalue weighted by Crippen LogP contribution is -1.90. The third kappa shape index (κ3) is 4.57. The van der Waals surface area contributed by atoms with Crippen LogP contribution in [0.25, 0.3) is 0 Å². The molecule has 20 heavy (non-hydrogen) atoms. The van der Waals surface area contributed by atoms with Gasteiger partial charge < -0.3 is 10.2 Å². The summed E-state index contributed by atoms with van der Waals surface area (Å²) in [4.78, 5) is 8.46. The van der Waals surface area contributed by atoms with Crippen LogP contribution in [0.5, 0.6) is 11.5 Å². The molecule has 0 atom stereocenters. The molecule has 2 rings (SSSR count). The molecule has 2 aromatic rings. The van der Waals surface area contributed by atoms with Crippen LogP contribution in [0.15, 0.2) is 58.5 Å². The van der Waals surface area contributed by atoms with Crippen molar-refractivity contribution < 1.29 is 10.2 Å². The van der Waals surface area contributed by atoms with Crippen LogP contribution in [-0.2, 0) is 0 Å². The van der Waals surface area contributed by atoms with Crippen molar-refractivity contribution in [2.24, 2.45) is 9.98 Å². The standard InChI is InChI=1S/C16H16N2O2/c19-15-5-1-3-13(9-15)11-17-7-8-18-12-14-4-2-6-16(20)10-14/h1-6,9-12,19-20H,7-8H2. The van der Waals surface area contributed by atoms with E-state index in [-0.39, 0.29) is 11.5 Å². The monoisotopic (exact) mass is 268 g/mol. The molecule has 0 bridgehead atoms. The smallest absolute Gasteiger partial charge is 0.116 e. The van der Waals surface area contributed by atoms with Gasteiger partial charge in [-0.2, -0.15) is 0 Å². The minimum Gasteiger partial charge on any atom is -0.508 e. The fraction of sp³-hybridized carbons (Fsp3) is 0.125. The highest BCUT2D eigenvalue weighted by Crippen LogP contribution is 2.09. The van der Waals surface area contributed by atoms with E-state index < -0.39 is 0 Å². The molecule has 4 heteroatoms. The van der Waals surface area contributed by atoms with Gasteiger partial charge in [0.1, 0.15) is 11.5 Å². The minimum absolute atomic E-state index is 0.232. The number of aliphatic imine (C=N–C) groups is 2. The van der Waals surface area contributed by atoms with E-state index in [1.165, 1.54) is 0 Å². The summed E-state index contributed by atoms with van der Waals surface area (Å²) in [6, 6.07) is 13.8. The van der Waals surface area contributed by atoms with Gasteiger partial charge in [-0.1, -0.05) is 24.3 Å². The number of aromatic hydroxyl groups is 2. The molecule has 0 aliphatic rings. The lowest BCUT2D eigenvalue weighted by atomic mass is 10.2. The van der Waals surface area contributed by atoms with Gasteiger partial charge in [0.25, 0.3) is 0 Å². The van der Waals surface area contributed by atoms with Crippen LogP contribution < -0.4 is 0 Å². The maximum absolute atomic E-state index is 9.30. The first kappa shape index (κ1) is 13.8. The lowest BCUT2D eigenvalue weighted by molar-refractivity contribution is 0.474. The third-order valence-electron chi connectivity index (χ3n) is 2.58. The van der Waals surface area contributed by atoms with Crippen molar-refractivity contribution >= 4 is 12.4 Å². The molecule has 0 spiro atoms. The molecule has 0 unspecified atom stereocenters. The van der Waals surface area contributed by atoms with Gasteiger partial charge in [0.15, 0.2) is 0 Å². The van der Waals surface area contributed by atoms with Gasteiger partial charge in [-0.15, -0.1) is 0 Å². The SMILES string of the molecule is Oc1cccc(C=NCCN=Cc2cccc(O)c2)c1. The maximum Gasteiger partial charge on any atom is 0.116 e. The second kappa shape index (κ2) is 7.09. The van der Waals surface area contributed by atoms with E-state index in [2.05, 4.69) is 9.98 Å². The van der Waals surface area contributed by atoms with E-state index in [0.29, 0.717) is 13.1 Å². The molecular formula is C16H16N2O2. The first-order valence-corrected chi connectivity index (χ1v) is 6.32. The summed E-state index contributed by atoms with van der Waals surface area (Å²) in [5.41, 5.74) is 1.73. The fourth-order valence-electron chi connectivity index (χ4n) is 1.67. The quantitative estimate of drug-likeness (QED) is 0.646. The zero-order chi connectivity index (χ0) is 14.2. The van der Waals surface area contributed by atoms with E-state index in [0.717, 1.165) is 11.1 Å². The van der Waals surface area contributed by atoms with Gasteiger partial charge in [-0.25, -0.2) is 0 Å². The second-order valence-electron chi connectivity index (χ2n) is 4.26. The van der Waals surface area contributed by atoms with Crippen LogP contribution in [0.3, 0.4) is 0 Å². The lowest BCUT2D eigenvalue weighted by Gasteiger charge is -1.95. The van der Waals surface area contributed by atoms with Crippen LogP contribution in [0.4, 0.5) is 0 Å². The fourth-order valence-corrected chi connectivity index (χ4v) is 1.67. The Bertz CT molecular complexity index is 566. The summed E-state index contributed by atoms with van der Waals surface area (Å²) >= 11 is 0. The van der Waals surface area contributed by atoms with Crippen molar-refractivity contribution in [2.45, 2.75) is 0 Å². The van der Waals surface area contributed by atoms with Gasteiger partial charge in [0, 0.05) is 12.4 Å². The van der Waals surface area contributed by atoms with Crippen molar-refractivity contribution in [3.63, 3.8) is 0 Å². The summed E-state index contributed by atoms with van der Waals surface area (Å²) in [6.45, 7) is 1.15. The highest BCUT2D eigenvalue weighted by atomic mass is 16.3. The van der Waals surface area contributed by atoms with Gasteiger partial charge >= 0.3 is 0 Å². The van der Waals surface area contributed by atoms with E-state index in [4.69, 9.17) is 0 Å². The molecule has 4 nitrogen and oxygen atoms in total. The van der Waals surface area contributed by atoms with Crippen LogP contribution >= 0.6 is 0 Å². The number of nitrogens with zero attached hydrogens (tertiary/aromatic N) is 2. The predicted octanol–water partition coefficient (Wildman–Crippen LogP) is 2.64. The number of phenols is 2. The Morgan fingerprint density at radius 3 is 1.60 bits per heavy atom. The normalized spacial score (nSPS) is 11.4. The molecule has 0 aliphatic heterocycles. The number of benzene rings is 2. The Hall–Kier alpha value is -2.62.